The molecule has 0 saturated heterocycles. The van der Waals surface area contributed by atoms with Crippen LogP contribution in [0.3, 0.4) is 0 Å². The van der Waals surface area contributed by atoms with E-state index < -0.39 is 0 Å². The third kappa shape index (κ3) is 11.4. The van der Waals surface area contributed by atoms with Crippen molar-refractivity contribution in [2.45, 2.75) is 0 Å². The van der Waals surface area contributed by atoms with Crippen LogP contribution >= 0.6 is 15.9 Å². The predicted molar refractivity (Wildman–Crippen MR) is 473 cm³/mol. The van der Waals surface area contributed by atoms with Crippen molar-refractivity contribution in [2.24, 2.45) is 0 Å². The summed E-state index contributed by atoms with van der Waals surface area (Å²) in [4.78, 5) is 32.4. The molecule has 0 atom stereocenters. The third-order valence-corrected chi connectivity index (χ3v) is 22.4. The minimum Gasteiger partial charge on any atom is -0.455 e. The number of aromatic nitrogens is 10. The molecule has 0 aliphatic rings. The Balaban J connectivity index is 0.000000117. The molecule has 12 nitrogen and oxygen atoms in total. The van der Waals surface area contributed by atoms with Gasteiger partial charge in [0.25, 0.3) is 0 Å². The predicted octanol–water partition coefficient (Wildman–Crippen LogP) is 26.9. The van der Waals surface area contributed by atoms with Crippen molar-refractivity contribution in [3.63, 3.8) is 0 Å². The van der Waals surface area contributed by atoms with Crippen molar-refractivity contribution in [2.75, 3.05) is 0 Å². The summed E-state index contributed by atoms with van der Waals surface area (Å²) in [6, 6.07) is 130. The van der Waals surface area contributed by atoms with Gasteiger partial charge in [-0.15, -0.1) is 0 Å². The van der Waals surface area contributed by atoms with Gasteiger partial charge in [0, 0.05) is 104 Å². The monoisotopic (exact) mass is 1540 g/mol. The molecular weight excluding hydrogens is 1480 g/mol. The zero-order valence-electron chi connectivity index (χ0n) is 61.5. The highest BCUT2D eigenvalue weighted by Gasteiger charge is 2.25. The van der Waals surface area contributed by atoms with Gasteiger partial charge >= 0.3 is 0 Å². The van der Waals surface area contributed by atoms with Crippen LogP contribution in [0.15, 0.2) is 389 Å². The minimum atomic E-state index is 0.625. The second-order valence-electron chi connectivity index (χ2n) is 28.6. The average molecular weight is 1540 g/mol. The van der Waals surface area contributed by atoms with Gasteiger partial charge in [0.2, 0.25) is 0 Å². The van der Waals surface area contributed by atoms with Crippen LogP contribution in [0.2, 0.25) is 0 Å². The van der Waals surface area contributed by atoms with Crippen molar-refractivity contribution in [3.05, 3.63) is 381 Å². The average Bonchev–Trinajstić information content (AvgIpc) is 1.55. The topological polar surface area (TPSA) is 134 Å². The number of hydrogen-bond donors (Lipinski definition) is 1. The van der Waals surface area contributed by atoms with Crippen molar-refractivity contribution in [3.8, 4) is 85.4 Å². The molecule has 0 spiro atoms. The summed E-state index contributed by atoms with van der Waals surface area (Å²) < 4.78 is 21.9. The van der Waals surface area contributed by atoms with E-state index in [1.165, 1.54) is 21.7 Å². The van der Waals surface area contributed by atoms with Gasteiger partial charge in [0.1, 0.15) is 22.3 Å². The van der Waals surface area contributed by atoms with Crippen LogP contribution in [0.4, 0.5) is 0 Å². The Morgan fingerprint density at radius 1 is 0.200 bits per heavy atom. The Hall–Kier alpha value is -15.2. The lowest BCUT2D eigenvalue weighted by Crippen LogP contribution is -2.00. The van der Waals surface area contributed by atoms with Gasteiger partial charge in [0.05, 0.1) is 60.2 Å². The molecule has 0 aliphatic carbocycles. The normalized spacial score (nSPS) is 11.7. The molecule has 0 saturated carbocycles. The molecule has 0 bridgehead atoms. The molecule has 24 rings (SSSR count). The molecule has 16 aromatic carbocycles. The maximum Gasteiger partial charge on any atom is 0.164 e. The number of halogens is 1. The first-order chi connectivity index (χ1) is 57.0. The largest absolute Gasteiger partial charge is 0.455 e. The number of nitrogens with one attached hydrogen (secondary N) is 1. The number of rotatable bonds is 9. The summed E-state index contributed by atoms with van der Waals surface area (Å²) in [5.41, 5.74) is 21.8. The molecule has 24 aromatic rings. The number of nitrogens with zero attached hydrogens (tertiary/aromatic N) is 9. The molecule has 8 aromatic heterocycles. The molecule has 115 heavy (non-hydrogen) atoms. The summed E-state index contributed by atoms with van der Waals surface area (Å²) in [7, 11) is 0. The Morgan fingerprint density at radius 3 is 0.826 bits per heavy atom. The van der Waals surface area contributed by atoms with E-state index in [1.807, 2.05) is 146 Å². The summed E-state index contributed by atoms with van der Waals surface area (Å²) >= 11 is 3.47. The van der Waals surface area contributed by atoms with Crippen molar-refractivity contribution < 1.29 is 8.83 Å². The summed E-state index contributed by atoms with van der Waals surface area (Å²) in [6.07, 6.45) is 0. The standard InChI is InChI=1S/C51H31N5O.C30H18N2O.C21H14BrN3/c1-4-14-32(15-5-1)49-52-50(33-16-6-2-7-17-33)54-51(53-49)34-24-26-36(27-25-34)56-42-23-13-11-21-40(42)46-44(56)31-29-38-37-28-30-43-45(47(37)57-48(38)46)39-20-10-12-22-41(39)55(43)35-18-8-3-9-19-35;1-2-8-18(9-3-1)32-25-13-7-5-11-22(25)28-26(32)17-15-20-19-14-16-24-27(29(19)33-30(20)28)21-10-4-6-12-23(21)31-24;22-18-13-11-17(12-14-18)21-24-19(15-7-3-1-4-8-15)23-20(25-21)16-9-5-2-6-10-16/h1-31H;1-17,31H;1-14H. The highest BCUT2D eigenvalue weighted by Crippen LogP contribution is 2.47. The first-order valence-corrected chi connectivity index (χ1v) is 39.1. The summed E-state index contributed by atoms with van der Waals surface area (Å²) in [5.74, 6) is 3.92. The van der Waals surface area contributed by atoms with Crippen LogP contribution < -0.4 is 0 Å². The molecule has 13 heteroatoms. The molecule has 0 radical (unpaired) electrons. The molecule has 0 amide bonds. The van der Waals surface area contributed by atoms with Crippen LogP contribution in [0.25, 0.3) is 216 Å². The van der Waals surface area contributed by atoms with E-state index in [0.29, 0.717) is 34.9 Å². The Labute approximate surface area is 665 Å². The second kappa shape index (κ2) is 27.7. The van der Waals surface area contributed by atoms with Gasteiger partial charge in [-0.3, -0.25) is 0 Å². The highest BCUT2D eigenvalue weighted by atomic mass is 79.9. The molecule has 1 N–H and O–H groups in total. The number of aromatic amines is 1. The van der Waals surface area contributed by atoms with Gasteiger partial charge < -0.3 is 27.5 Å². The third-order valence-electron chi connectivity index (χ3n) is 21.9. The second-order valence-corrected chi connectivity index (χ2v) is 29.5. The fraction of sp³-hybridized carbons (Fsp3) is 0. The van der Waals surface area contributed by atoms with E-state index in [4.69, 9.17) is 33.8 Å². The lowest BCUT2D eigenvalue weighted by Gasteiger charge is -2.10. The molecule has 0 fully saturated rings. The first-order valence-electron chi connectivity index (χ1n) is 38.3. The number of furan rings is 2. The van der Waals surface area contributed by atoms with Crippen LogP contribution in [0.5, 0.6) is 0 Å². The van der Waals surface area contributed by atoms with Gasteiger partial charge in [-0.25, -0.2) is 29.9 Å². The quantitative estimate of drug-likeness (QED) is 0.151. The smallest absolute Gasteiger partial charge is 0.164 e. The number of hydrogen-bond acceptors (Lipinski definition) is 8. The maximum atomic E-state index is 7.12. The SMILES string of the molecule is Brc1ccc(-c2nc(-c3ccccc3)nc(-c3ccccc3)n2)cc1.c1ccc(-c2nc(-c3ccccc3)nc(-c3ccc(-n4c5ccccc5c5c6oc7c(ccc8c7c7ccccc7n8-c7ccccc7)c6ccc54)cc3)n2)cc1.c1ccc(-n2c3ccccc3c3c4oc5c(ccc6[nH]c7ccccc7c65)c4ccc32)cc1. The van der Waals surface area contributed by atoms with Crippen molar-refractivity contribution in [1.82, 2.24) is 48.6 Å². The van der Waals surface area contributed by atoms with E-state index in [1.54, 1.807) is 0 Å². The lowest BCUT2D eigenvalue weighted by atomic mass is 10.1. The lowest BCUT2D eigenvalue weighted by molar-refractivity contribution is 0.676. The van der Waals surface area contributed by atoms with E-state index in [-0.39, 0.29) is 0 Å². The fourth-order valence-electron chi connectivity index (χ4n) is 16.7. The van der Waals surface area contributed by atoms with E-state index in [9.17, 15) is 0 Å². The fourth-order valence-corrected chi connectivity index (χ4v) is 17.0. The number of benzene rings is 16. The van der Waals surface area contributed by atoms with Crippen LogP contribution in [-0.4, -0.2) is 48.6 Å². The summed E-state index contributed by atoms with van der Waals surface area (Å²) in [5, 5.41) is 13.8. The van der Waals surface area contributed by atoms with Gasteiger partial charge in [0.15, 0.2) is 34.9 Å². The first kappa shape index (κ1) is 66.8. The Kier molecular flexibility index (Phi) is 16.1. The van der Waals surface area contributed by atoms with Gasteiger partial charge in [-0.2, -0.15) is 0 Å². The Morgan fingerprint density at radius 2 is 0.470 bits per heavy atom. The maximum absolute atomic E-state index is 7.12. The molecule has 0 unspecified atom stereocenters. The van der Waals surface area contributed by atoms with Crippen LogP contribution in [-0.2, 0) is 0 Å². The van der Waals surface area contributed by atoms with E-state index in [2.05, 4.69) is 270 Å². The van der Waals surface area contributed by atoms with E-state index in [0.717, 1.165) is 164 Å². The van der Waals surface area contributed by atoms with Crippen LogP contribution in [0, 0.1) is 0 Å². The van der Waals surface area contributed by atoms with Gasteiger partial charge in [-0.1, -0.05) is 259 Å². The van der Waals surface area contributed by atoms with Crippen molar-refractivity contribution in [1.29, 1.82) is 0 Å². The zero-order valence-corrected chi connectivity index (χ0v) is 63.1. The van der Waals surface area contributed by atoms with Gasteiger partial charge in [-0.05, 0) is 133 Å². The molecule has 8 heterocycles. The minimum absolute atomic E-state index is 0.625. The zero-order chi connectivity index (χ0) is 76.0. The Bertz CT molecular complexity index is 7760. The number of para-hydroxylation sites is 6. The number of fused-ring (bicyclic) bond motifs is 22. The molecular formula is C102H63BrN10O2. The summed E-state index contributed by atoms with van der Waals surface area (Å²) in [6.45, 7) is 0. The number of H-pyrrole nitrogens is 1. The van der Waals surface area contributed by atoms with Crippen molar-refractivity contribution >= 4 is 147 Å². The van der Waals surface area contributed by atoms with Crippen LogP contribution in [0.1, 0.15) is 0 Å². The highest BCUT2D eigenvalue weighted by molar-refractivity contribution is 9.10. The molecule has 540 valence electrons. The molecule has 0 aliphatic heterocycles. The van der Waals surface area contributed by atoms with E-state index >= 15 is 0 Å².